The van der Waals surface area contributed by atoms with Gasteiger partial charge in [-0.3, -0.25) is 0 Å². The van der Waals surface area contributed by atoms with Gasteiger partial charge in [0.2, 0.25) is 0 Å². The van der Waals surface area contributed by atoms with E-state index in [1.165, 1.54) is 10.3 Å². The second kappa shape index (κ2) is 5.61. The van der Waals surface area contributed by atoms with Gasteiger partial charge in [-0.25, -0.2) is 4.98 Å². The molecule has 0 saturated heterocycles. The van der Waals surface area contributed by atoms with Crippen molar-refractivity contribution in [3.63, 3.8) is 0 Å². The van der Waals surface area contributed by atoms with Crippen LogP contribution >= 0.6 is 11.3 Å². The lowest BCUT2D eigenvalue weighted by molar-refractivity contribution is 0.465. The van der Waals surface area contributed by atoms with Gasteiger partial charge in [-0.05, 0) is 36.6 Å². The fraction of sp³-hybridized carbons (Fsp3) is 0.500. The summed E-state index contributed by atoms with van der Waals surface area (Å²) in [7, 11) is 0. The molecule has 1 heterocycles. The zero-order valence-electron chi connectivity index (χ0n) is 10.7. The molecule has 1 unspecified atom stereocenters. The van der Waals surface area contributed by atoms with Crippen LogP contribution in [0.3, 0.4) is 0 Å². The Balaban J connectivity index is 2.17. The van der Waals surface area contributed by atoms with E-state index in [1.54, 1.807) is 11.3 Å². The smallest absolute Gasteiger partial charge is 0.0815 e. The first kappa shape index (κ1) is 12.5. The molecule has 0 saturated carbocycles. The van der Waals surface area contributed by atoms with Crippen LogP contribution in [0.4, 0.5) is 0 Å². The molecule has 1 N–H and O–H groups in total. The third-order valence-corrected chi connectivity index (χ3v) is 3.75. The van der Waals surface area contributed by atoms with Crippen molar-refractivity contribution in [1.82, 2.24) is 10.3 Å². The molecule has 92 valence electrons. The average molecular weight is 248 g/mol. The number of aromatic nitrogens is 1. The van der Waals surface area contributed by atoms with Crippen LogP contribution in [0.1, 0.15) is 38.8 Å². The summed E-state index contributed by atoms with van der Waals surface area (Å²) < 4.78 is 1.27. The predicted molar refractivity (Wildman–Crippen MR) is 75.5 cm³/mol. The van der Waals surface area contributed by atoms with Crippen LogP contribution < -0.4 is 5.32 Å². The molecule has 3 heteroatoms. The van der Waals surface area contributed by atoms with E-state index in [4.69, 9.17) is 0 Å². The van der Waals surface area contributed by atoms with Crippen molar-refractivity contribution in [2.75, 3.05) is 6.54 Å². The number of nitrogens with one attached hydrogen (secondary N) is 1. The molecule has 2 aromatic rings. The lowest BCUT2D eigenvalue weighted by Crippen LogP contribution is -2.24. The van der Waals surface area contributed by atoms with Gasteiger partial charge >= 0.3 is 0 Å². The van der Waals surface area contributed by atoms with Gasteiger partial charge in [-0.1, -0.05) is 26.8 Å². The standard InChI is InChI=1S/C14H20N2S/c1-4-12(15-8-10(2)3)11-5-6-14-13(7-11)16-9-17-14/h5-7,9-10,12,15H,4,8H2,1-3H3. The number of fused-ring (bicyclic) bond motifs is 1. The van der Waals surface area contributed by atoms with Gasteiger partial charge in [-0.2, -0.15) is 0 Å². The minimum atomic E-state index is 0.448. The van der Waals surface area contributed by atoms with E-state index in [-0.39, 0.29) is 0 Å². The highest BCUT2D eigenvalue weighted by atomic mass is 32.1. The molecule has 1 atom stereocenters. The molecule has 0 bridgehead atoms. The fourth-order valence-corrected chi connectivity index (χ4v) is 2.63. The lowest BCUT2D eigenvalue weighted by atomic mass is 10.0. The van der Waals surface area contributed by atoms with Gasteiger partial charge in [0.05, 0.1) is 15.7 Å². The van der Waals surface area contributed by atoms with Crippen LogP contribution in [0.5, 0.6) is 0 Å². The number of nitrogens with zero attached hydrogens (tertiary/aromatic N) is 1. The Morgan fingerprint density at radius 2 is 2.18 bits per heavy atom. The Labute approximate surface area is 107 Å². The molecule has 2 nitrogen and oxygen atoms in total. The van der Waals surface area contributed by atoms with Gasteiger partial charge in [0, 0.05) is 6.04 Å². The minimum absolute atomic E-state index is 0.448. The first-order chi connectivity index (χ1) is 8.20. The zero-order valence-corrected chi connectivity index (χ0v) is 11.6. The van der Waals surface area contributed by atoms with Crippen molar-refractivity contribution in [2.24, 2.45) is 5.92 Å². The van der Waals surface area contributed by atoms with E-state index in [2.05, 4.69) is 49.3 Å². The molecule has 0 amide bonds. The average Bonchev–Trinajstić information content (AvgIpc) is 2.76. The summed E-state index contributed by atoms with van der Waals surface area (Å²) in [4.78, 5) is 4.38. The highest BCUT2D eigenvalue weighted by molar-refractivity contribution is 7.16. The zero-order chi connectivity index (χ0) is 12.3. The maximum absolute atomic E-state index is 4.38. The lowest BCUT2D eigenvalue weighted by Gasteiger charge is -2.18. The minimum Gasteiger partial charge on any atom is -0.310 e. The van der Waals surface area contributed by atoms with E-state index in [0.717, 1.165) is 18.5 Å². The Bertz CT molecular complexity index is 476. The third kappa shape index (κ3) is 3.05. The van der Waals surface area contributed by atoms with Crippen molar-refractivity contribution in [3.8, 4) is 0 Å². The van der Waals surface area contributed by atoms with Gasteiger partial charge in [0.25, 0.3) is 0 Å². The van der Waals surface area contributed by atoms with E-state index < -0.39 is 0 Å². The summed E-state index contributed by atoms with van der Waals surface area (Å²) in [6.07, 6.45) is 1.11. The van der Waals surface area contributed by atoms with Crippen LogP contribution in [0.25, 0.3) is 10.2 Å². The summed E-state index contributed by atoms with van der Waals surface area (Å²) in [5.41, 5.74) is 4.39. The van der Waals surface area contributed by atoms with Gasteiger partial charge in [0.1, 0.15) is 0 Å². The highest BCUT2D eigenvalue weighted by Gasteiger charge is 2.10. The maximum Gasteiger partial charge on any atom is 0.0815 e. The first-order valence-corrected chi connectivity index (χ1v) is 7.15. The van der Waals surface area contributed by atoms with E-state index >= 15 is 0 Å². The quantitative estimate of drug-likeness (QED) is 0.865. The van der Waals surface area contributed by atoms with Crippen molar-refractivity contribution < 1.29 is 0 Å². The molecule has 0 aliphatic rings. The van der Waals surface area contributed by atoms with Crippen LogP contribution in [-0.4, -0.2) is 11.5 Å². The normalized spacial score (nSPS) is 13.4. The van der Waals surface area contributed by atoms with Crippen molar-refractivity contribution in [1.29, 1.82) is 0 Å². The maximum atomic E-state index is 4.38. The number of rotatable bonds is 5. The Kier molecular flexibility index (Phi) is 4.13. The summed E-state index contributed by atoms with van der Waals surface area (Å²) in [5, 5.41) is 3.62. The number of thiazole rings is 1. The predicted octanol–water partition coefficient (Wildman–Crippen LogP) is 3.99. The Morgan fingerprint density at radius 3 is 2.88 bits per heavy atom. The molecule has 0 aliphatic carbocycles. The molecule has 1 aromatic carbocycles. The Morgan fingerprint density at radius 1 is 1.35 bits per heavy atom. The monoisotopic (exact) mass is 248 g/mol. The number of hydrogen-bond donors (Lipinski definition) is 1. The summed E-state index contributed by atoms with van der Waals surface area (Å²) >= 11 is 1.70. The molecule has 0 aliphatic heterocycles. The molecule has 0 fully saturated rings. The van der Waals surface area contributed by atoms with Crippen LogP contribution in [0.15, 0.2) is 23.7 Å². The van der Waals surface area contributed by atoms with Crippen molar-refractivity contribution in [2.45, 2.75) is 33.2 Å². The van der Waals surface area contributed by atoms with Gasteiger partial charge in [0.15, 0.2) is 0 Å². The molecule has 0 radical (unpaired) electrons. The second-order valence-corrected chi connectivity index (χ2v) is 5.73. The van der Waals surface area contributed by atoms with E-state index in [9.17, 15) is 0 Å². The summed E-state index contributed by atoms with van der Waals surface area (Å²) in [5.74, 6) is 0.687. The SMILES string of the molecule is CCC(NCC(C)C)c1ccc2scnc2c1. The first-order valence-electron chi connectivity index (χ1n) is 6.27. The summed E-state index contributed by atoms with van der Waals surface area (Å²) in [6.45, 7) is 7.77. The molecule has 2 rings (SSSR count). The molecule has 17 heavy (non-hydrogen) atoms. The summed E-state index contributed by atoms with van der Waals surface area (Å²) in [6, 6.07) is 7.07. The van der Waals surface area contributed by atoms with E-state index in [1.807, 2.05) is 5.51 Å². The number of benzene rings is 1. The Hall–Kier alpha value is -0.930. The third-order valence-electron chi connectivity index (χ3n) is 2.94. The fourth-order valence-electron chi connectivity index (χ4n) is 1.97. The number of hydrogen-bond acceptors (Lipinski definition) is 3. The van der Waals surface area contributed by atoms with Crippen LogP contribution in [0.2, 0.25) is 0 Å². The molecule has 1 aromatic heterocycles. The van der Waals surface area contributed by atoms with Crippen molar-refractivity contribution in [3.05, 3.63) is 29.3 Å². The molecular weight excluding hydrogens is 228 g/mol. The largest absolute Gasteiger partial charge is 0.310 e. The van der Waals surface area contributed by atoms with Crippen molar-refractivity contribution >= 4 is 21.6 Å². The molecular formula is C14H20N2S. The van der Waals surface area contributed by atoms with Gasteiger partial charge < -0.3 is 5.32 Å². The van der Waals surface area contributed by atoms with Crippen LogP contribution in [-0.2, 0) is 0 Å². The molecule has 0 spiro atoms. The topological polar surface area (TPSA) is 24.9 Å². The van der Waals surface area contributed by atoms with Gasteiger partial charge in [-0.15, -0.1) is 11.3 Å². The van der Waals surface area contributed by atoms with E-state index in [0.29, 0.717) is 12.0 Å². The second-order valence-electron chi connectivity index (χ2n) is 4.84. The highest BCUT2D eigenvalue weighted by Crippen LogP contribution is 2.24. The van der Waals surface area contributed by atoms with Crippen LogP contribution in [0, 0.1) is 5.92 Å².